The van der Waals surface area contributed by atoms with Crippen molar-refractivity contribution in [3.63, 3.8) is 0 Å². The lowest BCUT2D eigenvalue weighted by molar-refractivity contribution is 0.165. The molecule has 0 bridgehead atoms. The van der Waals surface area contributed by atoms with Crippen LogP contribution in [0.1, 0.15) is 71.1 Å². The van der Waals surface area contributed by atoms with Crippen molar-refractivity contribution < 1.29 is 0 Å². The maximum absolute atomic E-state index is 3.77. The average molecular weight is 287 g/mol. The van der Waals surface area contributed by atoms with Crippen LogP contribution in [0, 0.1) is 17.8 Å². The molecule has 0 aliphatic heterocycles. The molecule has 0 aromatic heterocycles. The molecule has 0 N–H and O–H groups in total. The molecule has 0 radical (unpaired) electrons. The predicted molar refractivity (Wildman–Crippen MR) is 75.0 cm³/mol. The van der Waals surface area contributed by atoms with E-state index in [0.29, 0.717) is 0 Å². The summed E-state index contributed by atoms with van der Waals surface area (Å²) >= 11 is 3.77. The minimum Gasteiger partial charge on any atom is -0.0891 e. The summed E-state index contributed by atoms with van der Waals surface area (Å²) in [7, 11) is 0. The normalized spacial score (nSPS) is 40.9. The maximum Gasteiger partial charge on any atom is 0.0146 e. The Balaban J connectivity index is 1.72. The van der Waals surface area contributed by atoms with Gasteiger partial charge in [0.25, 0.3) is 0 Å². The molecule has 2 aliphatic rings. The van der Waals surface area contributed by atoms with Crippen molar-refractivity contribution in [2.45, 2.75) is 76.0 Å². The predicted octanol–water partition coefficient (Wildman–Crippen LogP) is 5.55. The van der Waals surface area contributed by atoms with Gasteiger partial charge in [-0.05, 0) is 56.3 Å². The van der Waals surface area contributed by atoms with E-state index in [1.807, 2.05) is 0 Å². The van der Waals surface area contributed by atoms with E-state index in [9.17, 15) is 0 Å². The Morgan fingerprint density at radius 1 is 0.812 bits per heavy atom. The lowest BCUT2D eigenvalue weighted by atomic mass is 9.70. The van der Waals surface area contributed by atoms with Crippen LogP contribution in [-0.2, 0) is 0 Å². The Morgan fingerprint density at radius 2 is 1.31 bits per heavy atom. The first-order valence-electron chi connectivity index (χ1n) is 7.43. The van der Waals surface area contributed by atoms with Gasteiger partial charge in [0.2, 0.25) is 0 Å². The molecular weight excluding hydrogens is 260 g/mol. The third-order valence-corrected chi connectivity index (χ3v) is 5.87. The van der Waals surface area contributed by atoms with E-state index >= 15 is 0 Å². The summed E-state index contributed by atoms with van der Waals surface area (Å²) < 4.78 is 0. The van der Waals surface area contributed by atoms with Gasteiger partial charge >= 0.3 is 0 Å². The van der Waals surface area contributed by atoms with Crippen LogP contribution in [0.25, 0.3) is 0 Å². The fraction of sp³-hybridized carbons (Fsp3) is 1.00. The summed E-state index contributed by atoms with van der Waals surface area (Å²) in [5.41, 5.74) is 0. The third kappa shape index (κ3) is 3.48. The Bertz CT molecular complexity index is 186. The zero-order valence-electron chi connectivity index (χ0n) is 10.8. The molecule has 16 heavy (non-hydrogen) atoms. The molecule has 0 nitrogen and oxygen atoms in total. The van der Waals surface area contributed by atoms with E-state index in [0.717, 1.165) is 22.6 Å². The summed E-state index contributed by atoms with van der Waals surface area (Å²) in [5.74, 6) is 3.25. The lowest BCUT2D eigenvalue weighted by Gasteiger charge is -2.36. The molecular formula is C15H27Br. The first kappa shape index (κ1) is 12.9. The fourth-order valence-electron chi connectivity index (χ4n) is 3.91. The van der Waals surface area contributed by atoms with Crippen LogP contribution in [0.5, 0.6) is 0 Å². The minimum absolute atomic E-state index is 0.834. The highest BCUT2D eigenvalue weighted by Gasteiger charge is 2.29. The second kappa shape index (κ2) is 6.42. The summed E-state index contributed by atoms with van der Waals surface area (Å²) in [6.45, 7) is 2.34. The lowest BCUT2D eigenvalue weighted by Crippen LogP contribution is -2.25. The van der Waals surface area contributed by atoms with Gasteiger partial charge in [-0.1, -0.05) is 48.5 Å². The summed E-state index contributed by atoms with van der Waals surface area (Å²) in [4.78, 5) is 0.834. The van der Waals surface area contributed by atoms with Gasteiger partial charge in [-0.25, -0.2) is 0 Å². The van der Waals surface area contributed by atoms with Gasteiger partial charge in [0.15, 0.2) is 0 Å². The van der Waals surface area contributed by atoms with Crippen LogP contribution in [-0.4, -0.2) is 4.83 Å². The molecule has 0 saturated heterocycles. The molecule has 2 saturated carbocycles. The number of hydrogen-bond acceptors (Lipinski definition) is 0. The van der Waals surface area contributed by atoms with E-state index in [1.165, 1.54) is 51.4 Å². The molecule has 1 heteroatoms. The molecule has 0 unspecified atom stereocenters. The largest absolute Gasteiger partial charge is 0.0891 e. The Morgan fingerprint density at radius 3 is 1.81 bits per heavy atom. The number of rotatable bonds is 3. The Hall–Kier alpha value is 0.480. The van der Waals surface area contributed by atoms with Crippen LogP contribution < -0.4 is 0 Å². The Kier molecular flexibility index (Phi) is 5.19. The van der Waals surface area contributed by atoms with Gasteiger partial charge in [-0.15, -0.1) is 0 Å². The van der Waals surface area contributed by atoms with E-state index in [2.05, 4.69) is 22.9 Å². The zero-order valence-corrected chi connectivity index (χ0v) is 12.3. The molecule has 0 aromatic carbocycles. The molecule has 0 heterocycles. The first-order chi connectivity index (χ1) is 7.79. The molecule has 2 fully saturated rings. The van der Waals surface area contributed by atoms with Crippen molar-refractivity contribution in [3.05, 3.63) is 0 Å². The molecule has 0 amide bonds. The third-order valence-electron chi connectivity index (χ3n) is 4.96. The topological polar surface area (TPSA) is 0 Å². The second-order valence-electron chi connectivity index (χ2n) is 6.08. The highest BCUT2D eigenvalue weighted by atomic mass is 79.9. The van der Waals surface area contributed by atoms with Gasteiger partial charge in [-0.2, -0.15) is 0 Å². The standard InChI is InChI=1S/C15H27Br/c1-2-3-12-4-6-13(7-5-12)14-8-10-15(16)11-9-14/h12-15H,2-11H2,1H3/t12-,13-,14?,15?. The molecule has 0 aromatic rings. The van der Waals surface area contributed by atoms with Crippen molar-refractivity contribution in [2.24, 2.45) is 17.8 Å². The quantitative estimate of drug-likeness (QED) is 0.597. The van der Waals surface area contributed by atoms with Crippen LogP contribution in [0.15, 0.2) is 0 Å². The van der Waals surface area contributed by atoms with Crippen molar-refractivity contribution in [1.82, 2.24) is 0 Å². The number of alkyl halides is 1. The molecule has 2 aliphatic carbocycles. The SMILES string of the molecule is CCC[C@H]1CC[C@H](C2CCC(Br)CC2)CC1. The molecule has 2 rings (SSSR count). The van der Waals surface area contributed by atoms with Crippen LogP contribution in [0.2, 0.25) is 0 Å². The van der Waals surface area contributed by atoms with Gasteiger partial charge in [0.05, 0.1) is 0 Å². The van der Waals surface area contributed by atoms with E-state index in [4.69, 9.17) is 0 Å². The molecule has 0 spiro atoms. The van der Waals surface area contributed by atoms with Crippen molar-refractivity contribution in [1.29, 1.82) is 0 Å². The van der Waals surface area contributed by atoms with Crippen molar-refractivity contribution in [3.8, 4) is 0 Å². The van der Waals surface area contributed by atoms with Gasteiger partial charge in [-0.3, -0.25) is 0 Å². The monoisotopic (exact) mass is 286 g/mol. The van der Waals surface area contributed by atoms with Gasteiger partial charge < -0.3 is 0 Å². The zero-order chi connectivity index (χ0) is 11.4. The van der Waals surface area contributed by atoms with Crippen LogP contribution in [0.3, 0.4) is 0 Å². The highest BCUT2D eigenvalue weighted by molar-refractivity contribution is 9.09. The van der Waals surface area contributed by atoms with E-state index < -0.39 is 0 Å². The summed E-state index contributed by atoms with van der Waals surface area (Å²) in [6, 6.07) is 0. The summed E-state index contributed by atoms with van der Waals surface area (Å²) in [5, 5.41) is 0. The smallest absolute Gasteiger partial charge is 0.0146 e. The second-order valence-corrected chi connectivity index (χ2v) is 7.38. The highest BCUT2D eigenvalue weighted by Crippen LogP contribution is 2.41. The first-order valence-corrected chi connectivity index (χ1v) is 8.35. The maximum atomic E-state index is 3.77. The number of hydrogen-bond donors (Lipinski definition) is 0. The molecule has 94 valence electrons. The Labute approximate surface area is 110 Å². The van der Waals surface area contributed by atoms with Gasteiger partial charge in [0, 0.05) is 4.83 Å². The minimum atomic E-state index is 0.834. The molecule has 0 atom stereocenters. The number of halogens is 1. The van der Waals surface area contributed by atoms with Crippen molar-refractivity contribution in [2.75, 3.05) is 0 Å². The van der Waals surface area contributed by atoms with Crippen molar-refractivity contribution >= 4 is 15.9 Å². The fourth-order valence-corrected chi connectivity index (χ4v) is 4.44. The average Bonchev–Trinajstić information content (AvgIpc) is 2.32. The van der Waals surface area contributed by atoms with E-state index in [1.54, 1.807) is 12.8 Å². The van der Waals surface area contributed by atoms with E-state index in [-0.39, 0.29) is 0 Å². The van der Waals surface area contributed by atoms with Crippen LogP contribution >= 0.6 is 15.9 Å². The summed E-state index contributed by atoms with van der Waals surface area (Å²) in [6.07, 6.45) is 14.9. The van der Waals surface area contributed by atoms with Crippen LogP contribution in [0.4, 0.5) is 0 Å². The van der Waals surface area contributed by atoms with Gasteiger partial charge in [0.1, 0.15) is 0 Å².